The molecule has 4 rings (SSSR count). The number of benzene rings is 1. The number of H-pyrrole nitrogens is 1. The van der Waals surface area contributed by atoms with Crippen molar-refractivity contribution in [1.29, 1.82) is 5.26 Å². The van der Waals surface area contributed by atoms with Gasteiger partial charge in [-0.05, 0) is 49.8 Å². The van der Waals surface area contributed by atoms with Gasteiger partial charge in [-0.25, -0.2) is 0 Å². The Morgan fingerprint density at radius 1 is 1.38 bits per heavy atom. The first-order valence-electron chi connectivity index (χ1n) is 11.9. The lowest BCUT2D eigenvalue weighted by Gasteiger charge is -2.25. The first kappa shape index (κ1) is 23.6. The molecule has 0 spiro atoms. The van der Waals surface area contributed by atoms with Gasteiger partial charge in [0.25, 0.3) is 5.91 Å². The van der Waals surface area contributed by atoms with Crippen LogP contribution in [0.5, 0.6) is 5.75 Å². The molecule has 1 aromatic heterocycles. The fourth-order valence-electron chi connectivity index (χ4n) is 5.15. The molecular weight excluding hydrogens is 434 g/mol. The lowest BCUT2D eigenvalue weighted by molar-refractivity contribution is -0.126. The van der Waals surface area contributed by atoms with E-state index in [1.165, 1.54) is 0 Å². The molecule has 2 aliphatic rings. The maximum Gasteiger partial charge on any atom is 0.270 e. The smallest absolute Gasteiger partial charge is 0.270 e. The molecule has 3 heterocycles. The number of carbonyl (C=O) groups excluding carboxylic acids is 3. The van der Waals surface area contributed by atoms with Gasteiger partial charge in [0.15, 0.2) is 0 Å². The van der Waals surface area contributed by atoms with Gasteiger partial charge in [-0.1, -0.05) is 19.4 Å². The van der Waals surface area contributed by atoms with Crippen molar-refractivity contribution in [3.8, 4) is 11.8 Å². The first-order chi connectivity index (χ1) is 16.4. The molecule has 0 bridgehead atoms. The molecule has 9 heteroatoms. The predicted octanol–water partition coefficient (Wildman–Crippen LogP) is 2.34. The number of amides is 3. The topological polar surface area (TPSA) is 127 Å². The molecule has 1 aromatic carbocycles. The summed E-state index contributed by atoms with van der Waals surface area (Å²) in [6, 6.07) is 7.99. The largest absolute Gasteiger partial charge is 0.496 e. The van der Waals surface area contributed by atoms with Crippen molar-refractivity contribution in [2.24, 2.45) is 11.8 Å². The molecule has 1 unspecified atom stereocenters. The molecule has 0 aliphatic carbocycles. The summed E-state index contributed by atoms with van der Waals surface area (Å²) in [4.78, 5) is 43.4. The highest BCUT2D eigenvalue weighted by Gasteiger charge is 2.41. The first-order valence-corrected chi connectivity index (χ1v) is 11.9. The number of methoxy groups -OCH3 is 1. The Hall–Kier alpha value is -3.54. The van der Waals surface area contributed by atoms with E-state index < -0.39 is 12.1 Å². The molecular formula is C25H31N5O4. The summed E-state index contributed by atoms with van der Waals surface area (Å²) in [7, 11) is 1.58. The van der Waals surface area contributed by atoms with Gasteiger partial charge in [0, 0.05) is 29.9 Å². The Balaban J connectivity index is 1.53. The number of carbonyl (C=O) groups is 3. The number of ether oxygens (including phenoxy) is 1. The molecule has 9 nitrogen and oxygen atoms in total. The summed E-state index contributed by atoms with van der Waals surface area (Å²) in [5, 5.41) is 15.9. The van der Waals surface area contributed by atoms with Crippen molar-refractivity contribution in [3.05, 3.63) is 30.0 Å². The van der Waals surface area contributed by atoms with Crippen LogP contribution in [-0.4, -0.2) is 59.9 Å². The molecule has 0 saturated carbocycles. The van der Waals surface area contributed by atoms with Crippen molar-refractivity contribution in [2.45, 2.75) is 51.1 Å². The van der Waals surface area contributed by atoms with E-state index in [0.717, 1.165) is 23.7 Å². The van der Waals surface area contributed by atoms with E-state index in [0.29, 0.717) is 37.4 Å². The fourth-order valence-corrected chi connectivity index (χ4v) is 5.15. The van der Waals surface area contributed by atoms with Crippen LogP contribution < -0.4 is 15.4 Å². The highest BCUT2D eigenvalue weighted by Crippen LogP contribution is 2.31. The third-order valence-electron chi connectivity index (χ3n) is 6.88. The zero-order valence-corrected chi connectivity index (χ0v) is 19.6. The zero-order chi connectivity index (χ0) is 24.2. The minimum Gasteiger partial charge on any atom is -0.496 e. The quantitative estimate of drug-likeness (QED) is 0.551. The van der Waals surface area contributed by atoms with E-state index in [1.807, 2.05) is 18.2 Å². The molecule has 2 aliphatic heterocycles. The minimum absolute atomic E-state index is 0.0792. The summed E-state index contributed by atoms with van der Waals surface area (Å²) in [6.45, 7) is 3.16. The van der Waals surface area contributed by atoms with Gasteiger partial charge in [0.05, 0.1) is 13.2 Å². The van der Waals surface area contributed by atoms with Gasteiger partial charge < -0.3 is 25.3 Å². The monoisotopic (exact) mass is 465 g/mol. The number of nitriles is 1. The lowest BCUT2D eigenvalue weighted by atomic mass is 9.98. The standard InChI is InChI=1S/C25H31N5O4/c1-3-5-15-10-21(24(32)28-17(13-26)11-16-8-9-27-23(16)31)30(14-15)25(33)20-12-18-19(29-20)6-4-7-22(18)34-2/h4,6-7,12,15-17,21,29H,3,5,8-11,14H2,1-2H3,(H,27,31)(H,28,32)/t15-,16+,17+,21?/m1/s1. The summed E-state index contributed by atoms with van der Waals surface area (Å²) in [5.74, 6) is -0.0684. The molecule has 0 radical (unpaired) electrons. The second kappa shape index (κ2) is 10.2. The van der Waals surface area contributed by atoms with Gasteiger partial charge in [-0.3, -0.25) is 14.4 Å². The Morgan fingerprint density at radius 3 is 2.88 bits per heavy atom. The number of hydrogen-bond acceptors (Lipinski definition) is 5. The third-order valence-corrected chi connectivity index (χ3v) is 6.88. The third kappa shape index (κ3) is 4.72. The summed E-state index contributed by atoms with van der Waals surface area (Å²) < 4.78 is 5.40. The normalized spacial score (nSPS) is 22.9. The van der Waals surface area contributed by atoms with E-state index in [-0.39, 0.29) is 36.0 Å². The van der Waals surface area contributed by atoms with Gasteiger partial charge in [-0.15, -0.1) is 0 Å². The number of likely N-dealkylation sites (tertiary alicyclic amines) is 1. The molecule has 2 fully saturated rings. The van der Waals surface area contributed by atoms with Gasteiger partial charge in [0.1, 0.15) is 23.5 Å². The number of nitrogens with zero attached hydrogens (tertiary/aromatic N) is 2. The van der Waals surface area contributed by atoms with Crippen molar-refractivity contribution in [3.63, 3.8) is 0 Å². The van der Waals surface area contributed by atoms with Crippen LogP contribution in [0.25, 0.3) is 10.9 Å². The van der Waals surface area contributed by atoms with Crippen LogP contribution >= 0.6 is 0 Å². The lowest BCUT2D eigenvalue weighted by Crippen LogP contribution is -2.49. The average molecular weight is 466 g/mol. The Labute approximate surface area is 198 Å². The van der Waals surface area contributed by atoms with Crippen LogP contribution in [0.1, 0.15) is 49.5 Å². The number of aromatic amines is 1. The highest BCUT2D eigenvalue weighted by molar-refractivity contribution is 6.01. The minimum atomic E-state index is -0.777. The number of nitrogens with one attached hydrogen (secondary N) is 3. The molecule has 180 valence electrons. The van der Waals surface area contributed by atoms with Crippen LogP contribution in [0.4, 0.5) is 0 Å². The number of fused-ring (bicyclic) bond motifs is 1. The Bertz CT molecular complexity index is 1120. The second-order valence-corrected chi connectivity index (χ2v) is 9.17. The predicted molar refractivity (Wildman–Crippen MR) is 126 cm³/mol. The highest BCUT2D eigenvalue weighted by atomic mass is 16.5. The van der Waals surface area contributed by atoms with Crippen LogP contribution in [-0.2, 0) is 9.59 Å². The SMILES string of the molecule is CCC[C@@H]1CC(C(=O)N[C@H](C#N)C[C@@H]2CCNC2=O)N(C(=O)c2cc3c(OC)cccc3[nH]2)C1. The van der Waals surface area contributed by atoms with Crippen LogP contribution in [0.2, 0.25) is 0 Å². The Morgan fingerprint density at radius 2 is 2.21 bits per heavy atom. The Kier molecular flexibility index (Phi) is 7.06. The molecule has 3 N–H and O–H groups in total. The maximum atomic E-state index is 13.5. The van der Waals surface area contributed by atoms with E-state index in [1.54, 1.807) is 18.1 Å². The van der Waals surface area contributed by atoms with Crippen molar-refractivity contribution < 1.29 is 19.1 Å². The van der Waals surface area contributed by atoms with Crippen LogP contribution in [0.15, 0.2) is 24.3 Å². The molecule has 3 amide bonds. The van der Waals surface area contributed by atoms with E-state index in [2.05, 4.69) is 28.6 Å². The van der Waals surface area contributed by atoms with Crippen LogP contribution in [0, 0.1) is 23.2 Å². The summed E-state index contributed by atoms with van der Waals surface area (Å²) in [5.41, 5.74) is 1.18. The molecule has 34 heavy (non-hydrogen) atoms. The molecule has 4 atom stereocenters. The fraction of sp³-hybridized carbons (Fsp3) is 0.520. The second-order valence-electron chi connectivity index (χ2n) is 9.17. The van der Waals surface area contributed by atoms with Gasteiger partial charge in [-0.2, -0.15) is 5.26 Å². The van der Waals surface area contributed by atoms with Crippen molar-refractivity contribution >= 4 is 28.6 Å². The molecule has 2 saturated heterocycles. The van der Waals surface area contributed by atoms with E-state index in [4.69, 9.17) is 4.74 Å². The van der Waals surface area contributed by atoms with E-state index in [9.17, 15) is 19.6 Å². The molecule has 2 aromatic rings. The zero-order valence-electron chi connectivity index (χ0n) is 19.6. The van der Waals surface area contributed by atoms with Gasteiger partial charge >= 0.3 is 0 Å². The van der Waals surface area contributed by atoms with Gasteiger partial charge in [0.2, 0.25) is 11.8 Å². The summed E-state index contributed by atoms with van der Waals surface area (Å²) >= 11 is 0. The van der Waals surface area contributed by atoms with Crippen LogP contribution in [0.3, 0.4) is 0 Å². The average Bonchev–Trinajstić information content (AvgIpc) is 3.56. The van der Waals surface area contributed by atoms with Crippen molar-refractivity contribution in [1.82, 2.24) is 20.5 Å². The maximum absolute atomic E-state index is 13.5. The summed E-state index contributed by atoms with van der Waals surface area (Å²) in [6.07, 6.45) is 3.36. The number of hydrogen-bond donors (Lipinski definition) is 3. The number of rotatable bonds is 8. The number of aromatic nitrogens is 1. The van der Waals surface area contributed by atoms with Crippen molar-refractivity contribution in [2.75, 3.05) is 20.2 Å². The van der Waals surface area contributed by atoms with E-state index >= 15 is 0 Å².